The van der Waals surface area contributed by atoms with Gasteiger partial charge in [-0.2, -0.15) is 15.6 Å². The average molecular weight is 366 g/mol. The number of sulfonamides is 1. The number of nitrogens with two attached hydrogens (primary N) is 1. The van der Waals surface area contributed by atoms with Gasteiger partial charge in [0, 0.05) is 37.1 Å². The molecule has 128 valence electrons. The number of amides is 1. The molecule has 2 heterocycles. The molecule has 3 N–H and O–H groups in total. The van der Waals surface area contributed by atoms with E-state index in [0.29, 0.717) is 6.54 Å². The third-order valence-electron chi connectivity index (χ3n) is 4.39. The number of primary amides is 1. The molecular weight excluding hydrogens is 348 g/mol. The first kappa shape index (κ1) is 17.1. The van der Waals surface area contributed by atoms with Crippen LogP contribution in [0.4, 0.5) is 0 Å². The molecule has 0 bridgehead atoms. The SMILES string of the molecule is NC(=O)c1ccc(S(=O)(=O)N2C[C@@H](CO)[C@H](c3ccsc3)C2)cc1. The summed E-state index contributed by atoms with van der Waals surface area (Å²) in [4.78, 5) is 11.2. The summed E-state index contributed by atoms with van der Waals surface area (Å²) in [6, 6.07) is 7.56. The predicted molar refractivity (Wildman–Crippen MR) is 91.4 cm³/mol. The number of benzene rings is 1. The monoisotopic (exact) mass is 366 g/mol. The zero-order valence-electron chi connectivity index (χ0n) is 12.8. The van der Waals surface area contributed by atoms with Crippen molar-refractivity contribution in [1.82, 2.24) is 4.31 Å². The molecule has 1 aromatic heterocycles. The van der Waals surface area contributed by atoms with Crippen LogP contribution in [0.1, 0.15) is 21.8 Å². The molecule has 24 heavy (non-hydrogen) atoms. The van der Waals surface area contributed by atoms with Gasteiger partial charge >= 0.3 is 0 Å². The first-order valence-corrected chi connectivity index (χ1v) is 9.84. The summed E-state index contributed by atoms with van der Waals surface area (Å²) in [7, 11) is -3.67. The van der Waals surface area contributed by atoms with Gasteiger partial charge in [0.25, 0.3) is 0 Å². The van der Waals surface area contributed by atoms with Crippen LogP contribution >= 0.6 is 11.3 Å². The number of hydrogen-bond donors (Lipinski definition) is 2. The predicted octanol–water partition coefficient (Wildman–Crippen LogP) is 1.24. The van der Waals surface area contributed by atoms with Crippen molar-refractivity contribution < 1.29 is 18.3 Å². The van der Waals surface area contributed by atoms with Crippen LogP contribution in [0.3, 0.4) is 0 Å². The zero-order chi connectivity index (χ0) is 17.3. The van der Waals surface area contributed by atoms with Gasteiger partial charge in [-0.15, -0.1) is 0 Å². The highest BCUT2D eigenvalue weighted by Crippen LogP contribution is 2.36. The molecule has 1 aliphatic rings. The van der Waals surface area contributed by atoms with E-state index in [1.165, 1.54) is 28.6 Å². The van der Waals surface area contributed by atoms with Gasteiger partial charge in [0.05, 0.1) is 4.90 Å². The van der Waals surface area contributed by atoms with E-state index in [-0.39, 0.29) is 35.4 Å². The van der Waals surface area contributed by atoms with Crippen molar-refractivity contribution in [1.29, 1.82) is 0 Å². The van der Waals surface area contributed by atoms with E-state index in [2.05, 4.69) is 0 Å². The number of carbonyl (C=O) groups is 1. The molecule has 1 fully saturated rings. The smallest absolute Gasteiger partial charge is 0.248 e. The lowest BCUT2D eigenvalue weighted by Crippen LogP contribution is -2.29. The van der Waals surface area contributed by atoms with Crippen LogP contribution in [-0.2, 0) is 10.0 Å². The van der Waals surface area contributed by atoms with Crippen molar-refractivity contribution in [2.24, 2.45) is 11.7 Å². The lowest BCUT2D eigenvalue weighted by Gasteiger charge is -2.16. The normalized spacial score (nSPS) is 21.9. The highest BCUT2D eigenvalue weighted by atomic mass is 32.2. The molecule has 0 aliphatic carbocycles. The molecule has 0 spiro atoms. The first-order chi connectivity index (χ1) is 11.4. The van der Waals surface area contributed by atoms with Gasteiger partial charge in [-0.3, -0.25) is 4.79 Å². The van der Waals surface area contributed by atoms with Crippen LogP contribution in [0.5, 0.6) is 0 Å². The van der Waals surface area contributed by atoms with Crippen molar-refractivity contribution in [3.05, 3.63) is 52.2 Å². The molecule has 0 radical (unpaired) electrons. The molecule has 3 rings (SSSR count). The number of hydrogen-bond acceptors (Lipinski definition) is 5. The Morgan fingerprint density at radius 2 is 1.96 bits per heavy atom. The maximum Gasteiger partial charge on any atom is 0.248 e. The maximum absolute atomic E-state index is 12.8. The average Bonchev–Trinajstić information content (AvgIpc) is 3.23. The highest BCUT2D eigenvalue weighted by molar-refractivity contribution is 7.89. The molecular formula is C16H18N2O4S2. The quantitative estimate of drug-likeness (QED) is 0.831. The van der Waals surface area contributed by atoms with Gasteiger partial charge in [-0.1, -0.05) is 0 Å². The molecule has 2 aromatic rings. The van der Waals surface area contributed by atoms with Crippen LogP contribution in [0.25, 0.3) is 0 Å². The minimum absolute atomic E-state index is 0.0130. The Balaban J connectivity index is 1.86. The van der Waals surface area contributed by atoms with E-state index in [9.17, 15) is 18.3 Å². The topological polar surface area (TPSA) is 101 Å². The summed E-state index contributed by atoms with van der Waals surface area (Å²) >= 11 is 1.55. The van der Waals surface area contributed by atoms with E-state index < -0.39 is 15.9 Å². The Bertz CT molecular complexity index is 816. The van der Waals surface area contributed by atoms with Gasteiger partial charge in [-0.05, 0) is 46.7 Å². The fraction of sp³-hybridized carbons (Fsp3) is 0.312. The molecule has 6 nitrogen and oxygen atoms in total. The van der Waals surface area contributed by atoms with Gasteiger partial charge in [0.1, 0.15) is 0 Å². The van der Waals surface area contributed by atoms with Gasteiger partial charge < -0.3 is 10.8 Å². The van der Waals surface area contributed by atoms with Gasteiger partial charge in [-0.25, -0.2) is 8.42 Å². The fourth-order valence-electron chi connectivity index (χ4n) is 3.02. The molecule has 0 saturated carbocycles. The molecule has 2 atom stereocenters. The standard InChI is InChI=1S/C16H18N2O4S2/c17-16(20)11-1-3-14(4-2-11)24(21,22)18-7-13(9-19)15(8-18)12-5-6-23-10-12/h1-6,10,13,15,19H,7-9H2,(H2,17,20)/t13-,15-/m0/s1. The summed E-state index contributed by atoms with van der Waals surface area (Å²) in [5.74, 6) is -0.738. The fourth-order valence-corrected chi connectivity index (χ4v) is 5.26. The lowest BCUT2D eigenvalue weighted by atomic mass is 9.92. The summed E-state index contributed by atoms with van der Waals surface area (Å²) in [5.41, 5.74) is 6.50. The molecule has 1 saturated heterocycles. The summed E-state index contributed by atoms with van der Waals surface area (Å²) in [6.07, 6.45) is 0. The summed E-state index contributed by atoms with van der Waals surface area (Å²) in [5, 5.41) is 13.6. The second-order valence-electron chi connectivity index (χ2n) is 5.82. The van der Waals surface area contributed by atoms with Crippen molar-refractivity contribution in [3.63, 3.8) is 0 Å². The number of aliphatic hydroxyl groups excluding tert-OH is 1. The Kier molecular flexibility index (Phi) is 4.73. The number of nitrogens with zero attached hydrogens (tertiary/aromatic N) is 1. The molecule has 1 aromatic carbocycles. The second-order valence-corrected chi connectivity index (χ2v) is 8.53. The Hall–Kier alpha value is -1.74. The summed E-state index contributed by atoms with van der Waals surface area (Å²) < 4.78 is 27.0. The van der Waals surface area contributed by atoms with Crippen molar-refractivity contribution in [3.8, 4) is 0 Å². The minimum Gasteiger partial charge on any atom is -0.396 e. The number of thiophene rings is 1. The van der Waals surface area contributed by atoms with Gasteiger partial charge in [0.2, 0.25) is 15.9 Å². The third kappa shape index (κ3) is 3.10. The third-order valence-corrected chi connectivity index (χ3v) is 6.94. The zero-order valence-corrected chi connectivity index (χ0v) is 14.5. The van der Waals surface area contributed by atoms with E-state index in [4.69, 9.17) is 5.73 Å². The maximum atomic E-state index is 12.8. The largest absolute Gasteiger partial charge is 0.396 e. The van der Waals surface area contributed by atoms with Crippen LogP contribution in [0.15, 0.2) is 46.0 Å². The van der Waals surface area contributed by atoms with Crippen molar-refractivity contribution in [2.75, 3.05) is 19.7 Å². The van der Waals surface area contributed by atoms with Crippen molar-refractivity contribution in [2.45, 2.75) is 10.8 Å². The summed E-state index contributed by atoms with van der Waals surface area (Å²) in [6.45, 7) is 0.548. The molecule has 1 amide bonds. The van der Waals surface area contributed by atoms with Crippen LogP contribution < -0.4 is 5.73 Å². The molecule has 8 heteroatoms. The van der Waals surface area contributed by atoms with E-state index in [0.717, 1.165) is 5.56 Å². The molecule has 0 unspecified atom stereocenters. The van der Waals surface area contributed by atoms with E-state index >= 15 is 0 Å². The van der Waals surface area contributed by atoms with Crippen LogP contribution in [0.2, 0.25) is 0 Å². The van der Waals surface area contributed by atoms with Crippen LogP contribution in [-0.4, -0.2) is 43.4 Å². The number of rotatable bonds is 5. The Morgan fingerprint density at radius 3 is 2.50 bits per heavy atom. The first-order valence-electron chi connectivity index (χ1n) is 7.46. The van der Waals surface area contributed by atoms with E-state index in [1.54, 1.807) is 11.3 Å². The number of carbonyl (C=O) groups excluding carboxylic acids is 1. The second kappa shape index (κ2) is 6.64. The number of aliphatic hydroxyl groups is 1. The Labute approximate surface area is 144 Å². The Morgan fingerprint density at radius 1 is 1.25 bits per heavy atom. The van der Waals surface area contributed by atoms with Gasteiger partial charge in [0.15, 0.2) is 0 Å². The van der Waals surface area contributed by atoms with E-state index in [1.807, 2.05) is 16.8 Å². The lowest BCUT2D eigenvalue weighted by molar-refractivity contribution is 0.1000. The van der Waals surface area contributed by atoms with Crippen molar-refractivity contribution >= 4 is 27.3 Å². The minimum atomic E-state index is -3.67. The molecule has 1 aliphatic heterocycles. The highest BCUT2D eigenvalue weighted by Gasteiger charge is 2.39. The van der Waals surface area contributed by atoms with Crippen LogP contribution in [0, 0.1) is 5.92 Å².